The zero-order valence-electron chi connectivity index (χ0n) is 8.03. The second kappa shape index (κ2) is 4.30. The Morgan fingerprint density at radius 1 is 1.47 bits per heavy atom. The maximum Gasteiger partial charge on any atom is 0.239 e. The van der Waals surface area contributed by atoms with Crippen molar-refractivity contribution in [3.8, 4) is 0 Å². The third kappa shape index (κ3) is 3.30. The molecule has 0 aliphatic heterocycles. The number of halogens is 1. The van der Waals surface area contributed by atoms with Crippen molar-refractivity contribution in [2.45, 2.75) is 18.2 Å². The highest BCUT2D eigenvalue weighted by atomic mass is 35.5. The monoisotopic (exact) mass is 247 g/mol. The second-order valence-corrected chi connectivity index (χ2v) is 5.13. The van der Waals surface area contributed by atoms with Gasteiger partial charge in [-0.15, -0.1) is 0 Å². The largest absolute Gasteiger partial charge is 0.300 e. The molecule has 0 aliphatic rings. The summed E-state index contributed by atoms with van der Waals surface area (Å²) in [5.41, 5.74) is 0.667. The van der Waals surface area contributed by atoms with Crippen LogP contribution in [-0.2, 0) is 21.2 Å². The molecule has 1 aromatic rings. The van der Waals surface area contributed by atoms with Gasteiger partial charge in [-0.1, -0.05) is 17.7 Å². The van der Waals surface area contributed by atoms with E-state index in [2.05, 4.69) is 0 Å². The smallest absolute Gasteiger partial charge is 0.239 e. The number of ketones is 1. The van der Waals surface area contributed by atoms with Gasteiger partial charge in [-0.05, 0) is 24.6 Å². The summed E-state index contributed by atoms with van der Waals surface area (Å²) < 4.78 is 22.0. The van der Waals surface area contributed by atoms with Gasteiger partial charge in [0.1, 0.15) is 10.7 Å². The van der Waals surface area contributed by atoms with Crippen LogP contribution >= 0.6 is 11.6 Å². The van der Waals surface area contributed by atoms with Crippen LogP contribution < -0.4 is 5.14 Å². The molecule has 0 radical (unpaired) electrons. The molecule has 0 atom stereocenters. The van der Waals surface area contributed by atoms with E-state index < -0.39 is 10.0 Å². The third-order valence-electron chi connectivity index (χ3n) is 1.76. The number of benzene rings is 1. The van der Waals surface area contributed by atoms with E-state index in [-0.39, 0.29) is 22.1 Å². The molecule has 0 spiro atoms. The third-order valence-corrected chi connectivity index (χ3v) is 3.15. The van der Waals surface area contributed by atoms with Crippen LogP contribution in [0.5, 0.6) is 0 Å². The summed E-state index contributed by atoms with van der Waals surface area (Å²) in [6, 6.07) is 4.26. The van der Waals surface area contributed by atoms with E-state index in [0.29, 0.717) is 5.56 Å². The predicted molar refractivity (Wildman–Crippen MR) is 57.2 cm³/mol. The second-order valence-electron chi connectivity index (χ2n) is 3.19. The molecule has 2 N–H and O–H groups in total. The Morgan fingerprint density at radius 2 is 2.07 bits per heavy atom. The SMILES string of the molecule is CC(=O)Cc1ccc(S(N)(=O)=O)c(Cl)c1. The summed E-state index contributed by atoms with van der Waals surface area (Å²) in [5.74, 6) is -0.0191. The van der Waals surface area contributed by atoms with Crippen LogP contribution in [0.2, 0.25) is 5.02 Å². The summed E-state index contributed by atoms with van der Waals surface area (Å²) in [4.78, 5) is 10.7. The minimum absolute atomic E-state index is 0.0191. The minimum atomic E-state index is -3.80. The summed E-state index contributed by atoms with van der Waals surface area (Å²) in [6.45, 7) is 1.45. The zero-order chi connectivity index (χ0) is 11.6. The van der Waals surface area contributed by atoms with E-state index in [0.717, 1.165) is 0 Å². The molecule has 1 aromatic carbocycles. The molecule has 0 saturated carbocycles. The molecule has 1 rings (SSSR count). The maximum absolute atomic E-state index is 11.0. The van der Waals surface area contributed by atoms with E-state index in [4.69, 9.17) is 16.7 Å². The van der Waals surface area contributed by atoms with Gasteiger partial charge in [0.05, 0.1) is 5.02 Å². The lowest BCUT2D eigenvalue weighted by Crippen LogP contribution is -2.13. The van der Waals surface area contributed by atoms with Crippen molar-refractivity contribution in [1.29, 1.82) is 0 Å². The molecule has 0 fully saturated rings. The lowest BCUT2D eigenvalue weighted by molar-refractivity contribution is -0.116. The number of carbonyl (C=O) groups excluding carboxylic acids is 1. The van der Waals surface area contributed by atoms with Gasteiger partial charge in [0.15, 0.2) is 0 Å². The lowest BCUT2D eigenvalue weighted by Gasteiger charge is -2.03. The van der Waals surface area contributed by atoms with E-state index in [1.54, 1.807) is 0 Å². The molecular weight excluding hydrogens is 238 g/mol. The van der Waals surface area contributed by atoms with Crippen LogP contribution in [0, 0.1) is 0 Å². The zero-order valence-corrected chi connectivity index (χ0v) is 9.60. The quantitative estimate of drug-likeness (QED) is 0.870. The van der Waals surface area contributed by atoms with Crippen molar-refractivity contribution >= 4 is 27.4 Å². The van der Waals surface area contributed by atoms with Crippen molar-refractivity contribution < 1.29 is 13.2 Å². The van der Waals surface area contributed by atoms with E-state index >= 15 is 0 Å². The molecule has 0 bridgehead atoms. The normalized spacial score (nSPS) is 11.4. The molecule has 0 unspecified atom stereocenters. The van der Waals surface area contributed by atoms with Crippen molar-refractivity contribution in [3.63, 3.8) is 0 Å². The molecule has 0 aliphatic carbocycles. The van der Waals surface area contributed by atoms with E-state index in [9.17, 15) is 13.2 Å². The van der Waals surface area contributed by atoms with Crippen LogP contribution in [0.15, 0.2) is 23.1 Å². The summed E-state index contributed by atoms with van der Waals surface area (Å²) in [7, 11) is -3.80. The molecule has 4 nitrogen and oxygen atoms in total. The Balaban J connectivity index is 3.15. The maximum atomic E-state index is 11.0. The molecule has 0 heterocycles. The molecule has 6 heteroatoms. The number of hydrogen-bond acceptors (Lipinski definition) is 3. The number of primary sulfonamides is 1. The first-order valence-electron chi connectivity index (χ1n) is 4.11. The highest BCUT2D eigenvalue weighted by Crippen LogP contribution is 2.21. The topological polar surface area (TPSA) is 77.2 Å². The van der Waals surface area contributed by atoms with Crippen LogP contribution in [0.1, 0.15) is 12.5 Å². The Morgan fingerprint density at radius 3 is 2.47 bits per heavy atom. The van der Waals surface area contributed by atoms with E-state index in [1.165, 1.54) is 25.1 Å². The van der Waals surface area contributed by atoms with Crippen molar-refractivity contribution in [1.82, 2.24) is 0 Å². The van der Waals surface area contributed by atoms with Gasteiger partial charge in [-0.3, -0.25) is 4.79 Å². The van der Waals surface area contributed by atoms with Gasteiger partial charge >= 0.3 is 0 Å². The van der Waals surface area contributed by atoms with Gasteiger partial charge in [0.25, 0.3) is 0 Å². The summed E-state index contributed by atoms with van der Waals surface area (Å²) in [5, 5.41) is 4.97. The number of sulfonamides is 1. The highest BCUT2D eigenvalue weighted by Gasteiger charge is 2.13. The van der Waals surface area contributed by atoms with Gasteiger partial charge in [0, 0.05) is 6.42 Å². The molecule has 0 amide bonds. The first-order valence-corrected chi connectivity index (χ1v) is 6.04. The number of carbonyl (C=O) groups is 1. The van der Waals surface area contributed by atoms with Crippen LogP contribution in [0.25, 0.3) is 0 Å². The average Bonchev–Trinajstić information content (AvgIpc) is 1.99. The molecule has 0 saturated heterocycles. The van der Waals surface area contributed by atoms with Gasteiger partial charge < -0.3 is 0 Å². The van der Waals surface area contributed by atoms with Crippen molar-refractivity contribution in [2.24, 2.45) is 5.14 Å². The van der Waals surface area contributed by atoms with Gasteiger partial charge in [-0.2, -0.15) is 0 Å². The standard InChI is InChI=1S/C9H10ClNO3S/c1-6(12)4-7-2-3-9(8(10)5-7)15(11,13)14/h2-3,5H,4H2,1H3,(H2,11,13,14). The van der Waals surface area contributed by atoms with Gasteiger partial charge in [-0.25, -0.2) is 13.6 Å². The Hall–Kier alpha value is -0.910. The Bertz CT molecular complexity index is 496. The first-order chi connectivity index (χ1) is 6.80. The minimum Gasteiger partial charge on any atom is -0.300 e. The Kier molecular flexibility index (Phi) is 3.49. The van der Waals surface area contributed by atoms with Crippen molar-refractivity contribution in [2.75, 3.05) is 0 Å². The fraction of sp³-hybridized carbons (Fsp3) is 0.222. The van der Waals surface area contributed by atoms with Crippen LogP contribution in [0.4, 0.5) is 0 Å². The molecule has 15 heavy (non-hydrogen) atoms. The number of Topliss-reactive ketones (excluding diaryl/α,β-unsaturated/α-hetero) is 1. The van der Waals surface area contributed by atoms with Crippen molar-refractivity contribution in [3.05, 3.63) is 28.8 Å². The highest BCUT2D eigenvalue weighted by molar-refractivity contribution is 7.89. The fourth-order valence-electron chi connectivity index (χ4n) is 1.17. The van der Waals surface area contributed by atoms with Crippen LogP contribution in [-0.4, -0.2) is 14.2 Å². The fourth-order valence-corrected chi connectivity index (χ4v) is 2.29. The lowest BCUT2D eigenvalue weighted by atomic mass is 10.1. The molecular formula is C9H10ClNO3S. The summed E-state index contributed by atoms with van der Waals surface area (Å²) in [6.07, 6.45) is 0.227. The predicted octanol–water partition coefficient (Wildman–Crippen LogP) is 1.12. The molecule has 82 valence electrons. The van der Waals surface area contributed by atoms with Gasteiger partial charge in [0.2, 0.25) is 10.0 Å². The Labute approximate surface area is 93.1 Å². The van der Waals surface area contributed by atoms with Crippen LogP contribution in [0.3, 0.4) is 0 Å². The average molecular weight is 248 g/mol. The van der Waals surface area contributed by atoms with E-state index in [1.807, 2.05) is 0 Å². The first kappa shape index (κ1) is 12.2. The number of hydrogen-bond donors (Lipinski definition) is 1. The summed E-state index contributed by atoms with van der Waals surface area (Å²) >= 11 is 5.73. The number of rotatable bonds is 3. The molecule has 0 aromatic heterocycles. The number of nitrogens with two attached hydrogens (primary N) is 1.